The first-order valence-corrected chi connectivity index (χ1v) is 7.57. The van der Waals surface area contributed by atoms with Gasteiger partial charge in [-0.05, 0) is 49.3 Å². The number of nitriles is 1. The van der Waals surface area contributed by atoms with Gasteiger partial charge < -0.3 is 10.4 Å². The third-order valence-corrected chi connectivity index (χ3v) is 4.40. The maximum Gasteiger partial charge on any atom is 0.225 e. The van der Waals surface area contributed by atoms with Gasteiger partial charge in [0.05, 0.1) is 12.5 Å². The molecule has 0 bridgehead atoms. The van der Waals surface area contributed by atoms with Crippen molar-refractivity contribution in [2.75, 3.05) is 0 Å². The highest BCUT2D eigenvalue weighted by Gasteiger charge is 2.36. The number of carbonyl (C=O) groups excluding carboxylic acids is 1. The van der Waals surface area contributed by atoms with E-state index in [0.717, 1.165) is 37.7 Å². The van der Waals surface area contributed by atoms with Crippen LogP contribution < -0.4 is 5.32 Å². The molecule has 0 atom stereocenters. The topological polar surface area (TPSA) is 73.1 Å². The van der Waals surface area contributed by atoms with Crippen LogP contribution in [0, 0.1) is 17.2 Å². The van der Waals surface area contributed by atoms with E-state index < -0.39 is 5.54 Å². The predicted octanol–water partition coefficient (Wildman–Crippen LogP) is 2.91. The van der Waals surface area contributed by atoms with Crippen LogP contribution in [0.5, 0.6) is 5.75 Å². The zero-order valence-electron chi connectivity index (χ0n) is 12.4. The van der Waals surface area contributed by atoms with Gasteiger partial charge in [-0.25, -0.2) is 0 Å². The van der Waals surface area contributed by atoms with Gasteiger partial charge in [-0.15, -0.1) is 0 Å². The molecule has 1 aromatic rings. The molecule has 2 rings (SSSR count). The van der Waals surface area contributed by atoms with Crippen LogP contribution in [0.3, 0.4) is 0 Å². The Labute approximate surface area is 125 Å². The van der Waals surface area contributed by atoms with E-state index in [4.69, 9.17) is 0 Å². The Morgan fingerprint density at radius 3 is 2.76 bits per heavy atom. The van der Waals surface area contributed by atoms with Crippen molar-refractivity contribution in [1.29, 1.82) is 5.26 Å². The molecule has 1 saturated carbocycles. The summed E-state index contributed by atoms with van der Waals surface area (Å²) in [6.07, 6.45) is 4.78. The summed E-state index contributed by atoms with van der Waals surface area (Å²) in [6.45, 7) is 2.17. The second kappa shape index (κ2) is 6.62. The van der Waals surface area contributed by atoms with Crippen LogP contribution in [-0.2, 0) is 11.2 Å². The highest BCUT2D eigenvalue weighted by molar-refractivity contribution is 5.80. The largest absolute Gasteiger partial charge is 0.508 e. The standard InChI is InChI=1S/C17H22N2O2/c1-2-13-6-8-17(12-18,9-7-13)19-16(21)11-14-4-3-5-15(20)10-14/h3-5,10,13,20H,2,6-9,11H2,1H3,(H,19,21). The molecule has 0 aliphatic heterocycles. The van der Waals surface area contributed by atoms with Gasteiger partial charge in [-0.1, -0.05) is 25.5 Å². The first-order chi connectivity index (χ1) is 10.1. The highest BCUT2D eigenvalue weighted by atomic mass is 16.3. The molecule has 2 N–H and O–H groups in total. The average Bonchev–Trinajstić information content (AvgIpc) is 2.48. The Hall–Kier alpha value is -2.02. The molecular formula is C17H22N2O2. The molecule has 1 aliphatic rings. The van der Waals surface area contributed by atoms with Crippen molar-refractivity contribution < 1.29 is 9.90 Å². The second-order valence-corrected chi connectivity index (χ2v) is 5.94. The summed E-state index contributed by atoms with van der Waals surface area (Å²) < 4.78 is 0. The molecule has 0 saturated heterocycles. The number of phenols is 1. The lowest BCUT2D eigenvalue weighted by molar-refractivity contribution is -0.122. The minimum atomic E-state index is -0.709. The Morgan fingerprint density at radius 1 is 1.48 bits per heavy atom. The summed E-state index contributed by atoms with van der Waals surface area (Å²) in [5.41, 5.74) is 0.0439. The Balaban J connectivity index is 1.96. The molecule has 4 nitrogen and oxygen atoms in total. The molecule has 0 radical (unpaired) electrons. The van der Waals surface area contributed by atoms with Crippen LogP contribution in [0.4, 0.5) is 0 Å². The van der Waals surface area contributed by atoms with Crippen molar-refractivity contribution in [1.82, 2.24) is 5.32 Å². The molecule has 0 aromatic heterocycles. The first-order valence-electron chi connectivity index (χ1n) is 7.57. The SMILES string of the molecule is CCC1CCC(C#N)(NC(=O)Cc2cccc(O)c2)CC1. The molecule has 0 unspecified atom stereocenters. The number of benzene rings is 1. The summed E-state index contributed by atoms with van der Waals surface area (Å²) in [6, 6.07) is 8.97. The lowest BCUT2D eigenvalue weighted by atomic mass is 9.76. The van der Waals surface area contributed by atoms with Crippen LogP contribution in [0.1, 0.15) is 44.6 Å². The summed E-state index contributed by atoms with van der Waals surface area (Å²) in [7, 11) is 0. The number of nitrogens with zero attached hydrogens (tertiary/aromatic N) is 1. The van der Waals surface area contributed by atoms with Crippen molar-refractivity contribution in [3.05, 3.63) is 29.8 Å². The smallest absolute Gasteiger partial charge is 0.225 e. The third kappa shape index (κ3) is 3.98. The van der Waals surface area contributed by atoms with Crippen molar-refractivity contribution in [2.45, 2.75) is 51.0 Å². The van der Waals surface area contributed by atoms with Gasteiger partial charge in [0.15, 0.2) is 0 Å². The molecule has 0 spiro atoms. The summed E-state index contributed by atoms with van der Waals surface area (Å²) in [4.78, 5) is 12.2. The zero-order valence-corrected chi connectivity index (χ0v) is 12.4. The fraction of sp³-hybridized carbons (Fsp3) is 0.529. The van der Waals surface area contributed by atoms with E-state index in [1.807, 2.05) is 0 Å². The predicted molar refractivity (Wildman–Crippen MR) is 80.5 cm³/mol. The Kier molecular flexibility index (Phi) is 4.85. The number of carbonyl (C=O) groups is 1. The molecular weight excluding hydrogens is 264 g/mol. The van der Waals surface area contributed by atoms with Gasteiger partial charge >= 0.3 is 0 Å². The molecule has 1 aromatic carbocycles. The van der Waals surface area contributed by atoms with Gasteiger partial charge in [-0.3, -0.25) is 4.79 Å². The van der Waals surface area contributed by atoms with E-state index in [9.17, 15) is 15.2 Å². The van der Waals surface area contributed by atoms with Crippen molar-refractivity contribution in [3.8, 4) is 11.8 Å². The van der Waals surface area contributed by atoms with E-state index in [2.05, 4.69) is 18.3 Å². The van der Waals surface area contributed by atoms with E-state index in [1.165, 1.54) is 0 Å². The van der Waals surface area contributed by atoms with Gasteiger partial charge in [-0.2, -0.15) is 5.26 Å². The Morgan fingerprint density at radius 2 is 2.19 bits per heavy atom. The number of amides is 1. The lowest BCUT2D eigenvalue weighted by Gasteiger charge is -2.35. The lowest BCUT2D eigenvalue weighted by Crippen LogP contribution is -2.50. The first kappa shape index (κ1) is 15.4. The van der Waals surface area contributed by atoms with Crippen LogP contribution in [0.2, 0.25) is 0 Å². The van der Waals surface area contributed by atoms with Gasteiger partial charge in [0, 0.05) is 0 Å². The van der Waals surface area contributed by atoms with Crippen LogP contribution in [0.15, 0.2) is 24.3 Å². The summed E-state index contributed by atoms with van der Waals surface area (Å²) in [5.74, 6) is 0.672. The van der Waals surface area contributed by atoms with E-state index in [-0.39, 0.29) is 18.1 Å². The van der Waals surface area contributed by atoms with Crippen molar-refractivity contribution >= 4 is 5.91 Å². The molecule has 0 heterocycles. The molecule has 21 heavy (non-hydrogen) atoms. The fourth-order valence-electron chi connectivity index (χ4n) is 3.01. The average molecular weight is 286 g/mol. The maximum atomic E-state index is 12.2. The van der Waals surface area contributed by atoms with Crippen LogP contribution in [0.25, 0.3) is 0 Å². The summed E-state index contributed by atoms with van der Waals surface area (Å²) >= 11 is 0. The zero-order chi connectivity index (χ0) is 15.3. The number of nitrogens with one attached hydrogen (secondary N) is 1. The number of hydrogen-bond donors (Lipinski definition) is 2. The Bertz CT molecular complexity index is 540. The number of phenolic OH excluding ortho intramolecular Hbond substituents is 1. The molecule has 1 amide bonds. The van der Waals surface area contributed by atoms with Crippen molar-refractivity contribution in [2.24, 2.45) is 5.92 Å². The van der Waals surface area contributed by atoms with Gasteiger partial charge in [0.25, 0.3) is 0 Å². The van der Waals surface area contributed by atoms with Crippen LogP contribution >= 0.6 is 0 Å². The van der Waals surface area contributed by atoms with E-state index >= 15 is 0 Å². The maximum absolute atomic E-state index is 12.2. The monoisotopic (exact) mass is 286 g/mol. The number of hydrogen-bond acceptors (Lipinski definition) is 3. The molecule has 4 heteroatoms. The fourth-order valence-corrected chi connectivity index (χ4v) is 3.01. The van der Waals surface area contributed by atoms with Gasteiger partial charge in [0.1, 0.15) is 11.3 Å². The molecule has 1 fully saturated rings. The molecule has 1 aliphatic carbocycles. The third-order valence-electron chi connectivity index (χ3n) is 4.40. The quantitative estimate of drug-likeness (QED) is 0.893. The summed E-state index contributed by atoms with van der Waals surface area (Å²) in [5, 5.41) is 21.8. The van der Waals surface area contributed by atoms with Crippen molar-refractivity contribution in [3.63, 3.8) is 0 Å². The minimum absolute atomic E-state index is 0.152. The minimum Gasteiger partial charge on any atom is -0.508 e. The molecule has 112 valence electrons. The highest BCUT2D eigenvalue weighted by Crippen LogP contribution is 2.33. The number of rotatable bonds is 4. The second-order valence-electron chi connectivity index (χ2n) is 5.94. The van der Waals surface area contributed by atoms with Crippen LogP contribution in [-0.4, -0.2) is 16.6 Å². The van der Waals surface area contributed by atoms with E-state index in [0.29, 0.717) is 5.92 Å². The van der Waals surface area contributed by atoms with Gasteiger partial charge in [0.2, 0.25) is 5.91 Å². The van der Waals surface area contributed by atoms with E-state index in [1.54, 1.807) is 24.3 Å². The normalized spacial score (nSPS) is 25.0. The number of aromatic hydroxyl groups is 1.